The lowest BCUT2D eigenvalue weighted by atomic mass is 10.1. The van der Waals surface area contributed by atoms with E-state index in [4.69, 9.17) is 11.6 Å². The minimum atomic E-state index is 0.407. The molecule has 1 N–H and O–H groups in total. The number of hydrogen-bond donors (Lipinski definition) is 1. The summed E-state index contributed by atoms with van der Waals surface area (Å²) in [6.07, 6.45) is 0. The fourth-order valence-electron chi connectivity index (χ4n) is 2.15. The molecule has 2 rings (SSSR count). The molecule has 0 aliphatic carbocycles. The number of halogens is 1. The number of aryl methyl sites for hydroxylation is 1. The molecular formula is C16H19ClN4. The van der Waals surface area contributed by atoms with Crippen LogP contribution in [-0.4, -0.2) is 15.8 Å². The zero-order valence-corrected chi connectivity index (χ0v) is 13.5. The van der Waals surface area contributed by atoms with Gasteiger partial charge in [-0.1, -0.05) is 31.5 Å². The summed E-state index contributed by atoms with van der Waals surface area (Å²) in [6.45, 7) is 8.69. The van der Waals surface area contributed by atoms with E-state index in [1.54, 1.807) is 4.68 Å². The van der Waals surface area contributed by atoms with Crippen molar-refractivity contribution in [3.8, 4) is 11.8 Å². The van der Waals surface area contributed by atoms with E-state index >= 15 is 0 Å². The van der Waals surface area contributed by atoms with Gasteiger partial charge in [0.25, 0.3) is 0 Å². The number of hydrogen-bond acceptors (Lipinski definition) is 3. The van der Waals surface area contributed by atoms with Crippen LogP contribution in [0.4, 0.5) is 0 Å². The second-order valence-corrected chi connectivity index (χ2v) is 5.77. The molecule has 1 heterocycles. The van der Waals surface area contributed by atoms with Gasteiger partial charge in [0.15, 0.2) is 0 Å². The molecule has 0 saturated carbocycles. The Labute approximate surface area is 130 Å². The van der Waals surface area contributed by atoms with E-state index in [1.807, 2.05) is 32.0 Å². The van der Waals surface area contributed by atoms with Crippen LogP contribution in [0.25, 0.3) is 5.69 Å². The summed E-state index contributed by atoms with van der Waals surface area (Å²) in [4.78, 5) is 0. The van der Waals surface area contributed by atoms with Crippen LogP contribution < -0.4 is 5.32 Å². The lowest BCUT2D eigenvalue weighted by molar-refractivity contribution is 0.588. The van der Waals surface area contributed by atoms with Gasteiger partial charge in [-0.15, -0.1) is 0 Å². The molecule has 0 bridgehead atoms. The number of rotatable bonds is 4. The standard InChI is InChI=1S/C16H19ClN4/c1-10(2)19-9-13-5-6-15(14(7-13)8-18)21-12(4)16(17)11(3)20-21/h5-7,10,19H,9H2,1-4H3. The van der Waals surface area contributed by atoms with E-state index in [1.165, 1.54) is 0 Å². The van der Waals surface area contributed by atoms with E-state index in [9.17, 15) is 5.26 Å². The Kier molecular flexibility index (Phi) is 4.66. The minimum Gasteiger partial charge on any atom is -0.310 e. The molecule has 0 spiro atoms. The van der Waals surface area contributed by atoms with Crippen LogP contribution in [0, 0.1) is 25.2 Å². The number of nitrogens with zero attached hydrogens (tertiary/aromatic N) is 3. The Balaban J connectivity index is 2.41. The first-order valence-corrected chi connectivity index (χ1v) is 7.30. The summed E-state index contributed by atoms with van der Waals surface area (Å²) in [5.41, 5.74) is 4.05. The maximum atomic E-state index is 9.40. The molecule has 0 atom stereocenters. The van der Waals surface area contributed by atoms with Gasteiger partial charge in [0, 0.05) is 12.6 Å². The van der Waals surface area contributed by atoms with E-state index in [0.29, 0.717) is 16.6 Å². The maximum absolute atomic E-state index is 9.40. The van der Waals surface area contributed by atoms with Crippen molar-refractivity contribution in [3.05, 3.63) is 45.7 Å². The Morgan fingerprint density at radius 3 is 2.62 bits per heavy atom. The molecule has 2 aromatic rings. The van der Waals surface area contributed by atoms with Crippen molar-refractivity contribution < 1.29 is 0 Å². The smallest absolute Gasteiger partial charge is 0.101 e. The van der Waals surface area contributed by atoms with Crippen molar-refractivity contribution in [2.24, 2.45) is 0 Å². The van der Waals surface area contributed by atoms with Gasteiger partial charge in [0.1, 0.15) is 6.07 Å². The molecule has 0 fully saturated rings. The van der Waals surface area contributed by atoms with Crippen LogP contribution >= 0.6 is 11.6 Å². The third kappa shape index (κ3) is 3.26. The quantitative estimate of drug-likeness (QED) is 0.940. The molecule has 21 heavy (non-hydrogen) atoms. The first-order valence-electron chi connectivity index (χ1n) is 6.92. The lowest BCUT2D eigenvalue weighted by Gasteiger charge is -2.11. The molecule has 5 heteroatoms. The maximum Gasteiger partial charge on any atom is 0.101 e. The van der Waals surface area contributed by atoms with Gasteiger partial charge in [0.2, 0.25) is 0 Å². The largest absolute Gasteiger partial charge is 0.310 e. The molecule has 0 aliphatic rings. The Hall–Kier alpha value is -1.83. The number of nitriles is 1. The first-order chi connectivity index (χ1) is 9.93. The summed E-state index contributed by atoms with van der Waals surface area (Å²) in [7, 11) is 0. The highest BCUT2D eigenvalue weighted by atomic mass is 35.5. The van der Waals surface area contributed by atoms with Gasteiger partial charge in [-0.2, -0.15) is 10.4 Å². The third-order valence-corrected chi connectivity index (χ3v) is 3.87. The van der Waals surface area contributed by atoms with E-state index in [0.717, 1.165) is 29.2 Å². The molecule has 110 valence electrons. The van der Waals surface area contributed by atoms with Crippen LogP contribution in [0.1, 0.15) is 36.4 Å². The minimum absolute atomic E-state index is 0.407. The number of benzene rings is 1. The molecule has 1 aromatic heterocycles. The molecule has 0 radical (unpaired) electrons. The summed E-state index contributed by atoms with van der Waals surface area (Å²) in [5.74, 6) is 0. The van der Waals surface area contributed by atoms with Gasteiger partial charge in [-0.25, -0.2) is 4.68 Å². The van der Waals surface area contributed by atoms with Gasteiger partial charge in [-0.3, -0.25) is 0 Å². The summed E-state index contributed by atoms with van der Waals surface area (Å²) in [6, 6.07) is 8.48. The van der Waals surface area contributed by atoms with Crippen LogP contribution in [0.5, 0.6) is 0 Å². The SMILES string of the molecule is Cc1nn(-c2ccc(CNC(C)C)cc2C#N)c(C)c1Cl. The van der Waals surface area contributed by atoms with E-state index in [2.05, 4.69) is 30.3 Å². The molecule has 1 aromatic carbocycles. The van der Waals surface area contributed by atoms with Crippen LogP contribution in [0.2, 0.25) is 5.02 Å². The van der Waals surface area contributed by atoms with Gasteiger partial charge >= 0.3 is 0 Å². The van der Waals surface area contributed by atoms with Crippen molar-refractivity contribution in [3.63, 3.8) is 0 Å². The highest BCUT2D eigenvalue weighted by Gasteiger charge is 2.14. The van der Waals surface area contributed by atoms with Crippen molar-refractivity contribution in [2.45, 2.75) is 40.3 Å². The Morgan fingerprint density at radius 1 is 1.38 bits per heavy atom. The molecule has 4 nitrogen and oxygen atoms in total. The highest BCUT2D eigenvalue weighted by Crippen LogP contribution is 2.24. The normalized spacial score (nSPS) is 10.9. The second-order valence-electron chi connectivity index (χ2n) is 5.40. The second kappa shape index (κ2) is 6.30. The molecular weight excluding hydrogens is 284 g/mol. The lowest BCUT2D eigenvalue weighted by Crippen LogP contribution is -2.21. The predicted octanol–water partition coefficient (Wildman–Crippen LogP) is 3.51. The highest BCUT2D eigenvalue weighted by molar-refractivity contribution is 6.31. The molecule has 0 saturated heterocycles. The third-order valence-electron chi connectivity index (χ3n) is 3.33. The molecule has 0 amide bonds. The van der Waals surface area contributed by atoms with Crippen LogP contribution in [0.15, 0.2) is 18.2 Å². The van der Waals surface area contributed by atoms with Crippen molar-refractivity contribution in [1.82, 2.24) is 15.1 Å². The van der Waals surface area contributed by atoms with E-state index in [-0.39, 0.29) is 0 Å². The summed E-state index contributed by atoms with van der Waals surface area (Å²) >= 11 is 6.18. The number of aromatic nitrogens is 2. The van der Waals surface area contributed by atoms with Gasteiger partial charge < -0.3 is 5.32 Å². The summed E-state index contributed by atoms with van der Waals surface area (Å²) in [5, 5.41) is 17.8. The fraction of sp³-hybridized carbons (Fsp3) is 0.375. The van der Waals surface area contributed by atoms with Crippen molar-refractivity contribution in [1.29, 1.82) is 5.26 Å². The number of nitrogens with one attached hydrogen (secondary N) is 1. The van der Waals surface area contributed by atoms with Gasteiger partial charge in [0.05, 0.1) is 27.7 Å². The first kappa shape index (κ1) is 15.6. The topological polar surface area (TPSA) is 53.6 Å². The van der Waals surface area contributed by atoms with Crippen molar-refractivity contribution in [2.75, 3.05) is 0 Å². The van der Waals surface area contributed by atoms with Crippen LogP contribution in [-0.2, 0) is 6.54 Å². The molecule has 0 aliphatic heterocycles. The fourth-order valence-corrected chi connectivity index (χ4v) is 2.27. The average Bonchev–Trinajstić information content (AvgIpc) is 2.72. The Bertz CT molecular complexity index is 695. The van der Waals surface area contributed by atoms with E-state index < -0.39 is 0 Å². The zero-order chi connectivity index (χ0) is 15.6. The molecule has 0 unspecified atom stereocenters. The monoisotopic (exact) mass is 302 g/mol. The summed E-state index contributed by atoms with van der Waals surface area (Å²) < 4.78 is 1.73. The van der Waals surface area contributed by atoms with Crippen LogP contribution in [0.3, 0.4) is 0 Å². The Morgan fingerprint density at radius 2 is 2.10 bits per heavy atom. The zero-order valence-electron chi connectivity index (χ0n) is 12.7. The predicted molar refractivity (Wildman–Crippen MR) is 84.7 cm³/mol. The average molecular weight is 303 g/mol. The van der Waals surface area contributed by atoms with Crippen molar-refractivity contribution >= 4 is 11.6 Å². The van der Waals surface area contributed by atoms with Gasteiger partial charge in [-0.05, 0) is 31.5 Å².